The van der Waals surface area contributed by atoms with Gasteiger partial charge in [-0.15, -0.1) is 0 Å². The second kappa shape index (κ2) is 9.68. The summed E-state index contributed by atoms with van der Waals surface area (Å²) < 4.78 is 16.5. The number of thioether (sulfide) groups is 1. The maximum atomic E-state index is 11.9. The Hall–Kier alpha value is -2.30. The Morgan fingerprint density at radius 2 is 2.17 bits per heavy atom. The number of esters is 1. The van der Waals surface area contributed by atoms with Gasteiger partial charge in [0.1, 0.15) is 5.75 Å². The van der Waals surface area contributed by atoms with Crippen LogP contribution in [0.1, 0.15) is 50.8 Å². The average molecular weight is 432 g/mol. The number of aliphatic imine (C=N–C) groups is 1. The fraction of sp³-hybridized carbons (Fsp3) is 0.450. The van der Waals surface area contributed by atoms with Gasteiger partial charge in [-0.25, -0.2) is 4.99 Å². The van der Waals surface area contributed by atoms with Crippen LogP contribution in [0.15, 0.2) is 27.7 Å². The lowest BCUT2D eigenvalue weighted by Crippen LogP contribution is -2.29. The van der Waals surface area contributed by atoms with Crippen molar-refractivity contribution in [3.05, 3.63) is 33.9 Å². The van der Waals surface area contributed by atoms with Crippen molar-refractivity contribution >= 4 is 41.4 Å². The van der Waals surface area contributed by atoms with Crippen molar-refractivity contribution in [1.29, 1.82) is 0 Å². The summed E-state index contributed by atoms with van der Waals surface area (Å²) in [4.78, 5) is 27.8. The van der Waals surface area contributed by atoms with Gasteiger partial charge in [-0.2, -0.15) is 0 Å². The second-order valence-corrected chi connectivity index (χ2v) is 7.94. The third-order valence-corrected chi connectivity index (χ3v) is 5.74. The molecule has 1 aromatic carbocycles. The number of hydrogen-bond donors (Lipinski definition) is 2. The zero-order valence-corrected chi connectivity index (χ0v) is 18.3. The zero-order chi connectivity index (χ0) is 21.8. The van der Waals surface area contributed by atoms with E-state index in [2.05, 4.69) is 10.3 Å². The zero-order valence-electron chi connectivity index (χ0n) is 17.5. The number of nitrogens with zero attached hydrogens (tertiary/aromatic N) is 1. The monoisotopic (exact) mass is 432 g/mol. The van der Waals surface area contributed by atoms with E-state index in [1.807, 2.05) is 19.9 Å². The smallest absolute Gasteiger partial charge is 0.466 e. The Morgan fingerprint density at radius 3 is 2.83 bits per heavy atom. The van der Waals surface area contributed by atoms with Gasteiger partial charge >= 0.3 is 13.1 Å². The minimum atomic E-state index is -1.15. The van der Waals surface area contributed by atoms with Gasteiger partial charge in [0.25, 0.3) is 5.23 Å². The maximum absolute atomic E-state index is 11.9. The van der Waals surface area contributed by atoms with Gasteiger partial charge in [0.15, 0.2) is 0 Å². The molecule has 0 saturated carbocycles. The number of amides is 1. The van der Waals surface area contributed by atoms with E-state index in [1.165, 1.54) is 18.7 Å². The van der Waals surface area contributed by atoms with Crippen molar-refractivity contribution in [2.75, 3.05) is 13.2 Å². The number of hydrogen-bond acceptors (Lipinski definition) is 8. The molecule has 1 atom stereocenters. The fourth-order valence-corrected chi connectivity index (χ4v) is 4.43. The first-order chi connectivity index (χ1) is 14.3. The molecule has 8 nitrogen and oxygen atoms in total. The normalized spacial score (nSPS) is 18.1. The van der Waals surface area contributed by atoms with Crippen LogP contribution in [0.3, 0.4) is 0 Å². The standard InChI is InChI=1S/C20H25BN2O6S/c1-5-13-10-22-20(30-19(13)23-12(4)24)28-14-7-11(3)18-15(8-14)21(26)29-16(18)9-17(25)27-6-2/h7-8,16,26H,5-6,9-10H2,1-4H3,(H,23,24). The molecule has 1 aromatic rings. The van der Waals surface area contributed by atoms with Gasteiger partial charge in [0.05, 0.1) is 30.7 Å². The first kappa shape index (κ1) is 22.4. The molecule has 0 bridgehead atoms. The van der Waals surface area contributed by atoms with E-state index in [4.69, 9.17) is 14.1 Å². The average Bonchev–Trinajstić information content (AvgIpc) is 2.97. The highest BCUT2D eigenvalue weighted by molar-refractivity contribution is 8.16. The van der Waals surface area contributed by atoms with Gasteiger partial charge < -0.3 is 24.5 Å². The number of aryl methyl sites for hydroxylation is 1. The summed E-state index contributed by atoms with van der Waals surface area (Å²) in [6.45, 7) is 7.83. The van der Waals surface area contributed by atoms with Crippen LogP contribution in [0.2, 0.25) is 0 Å². The summed E-state index contributed by atoms with van der Waals surface area (Å²) in [7, 11) is -1.15. The molecular weight excluding hydrogens is 407 g/mol. The number of carbonyl (C=O) groups is 2. The molecule has 0 spiro atoms. The van der Waals surface area contributed by atoms with Gasteiger partial charge in [-0.05, 0) is 66.3 Å². The molecule has 2 N–H and O–H groups in total. The van der Waals surface area contributed by atoms with Crippen LogP contribution >= 0.6 is 11.8 Å². The van der Waals surface area contributed by atoms with Crippen LogP contribution in [0.5, 0.6) is 5.75 Å². The van der Waals surface area contributed by atoms with Crippen LogP contribution in [0.25, 0.3) is 0 Å². The summed E-state index contributed by atoms with van der Waals surface area (Å²) >= 11 is 1.26. The number of benzene rings is 1. The topological polar surface area (TPSA) is 106 Å². The van der Waals surface area contributed by atoms with E-state index in [0.29, 0.717) is 29.6 Å². The third-order valence-electron chi connectivity index (χ3n) is 4.76. The Labute approximate surface area is 180 Å². The molecule has 2 aliphatic heterocycles. The summed E-state index contributed by atoms with van der Waals surface area (Å²) in [5, 5.41) is 14.3. The van der Waals surface area contributed by atoms with Gasteiger partial charge in [-0.3, -0.25) is 9.59 Å². The van der Waals surface area contributed by atoms with Gasteiger partial charge in [0, 0.05) is 6.92 Å². The Balaban J connectivity index is 1.77. The highest BCUT2D eigenvalue weighted by atomic mass is 32.2. The van der Waals surface area contributed by atoms with E-state index in [-0.39, 0.29) is 18.3 Å². The quantitative estimate of drug-likeness (QED) is 0.523. The van der Waals surface area contributed by atoms with E-state index in [1.54, 1.807) is 13.0 Å². The molecule has 2 heterocycles. The predicted molar refractivity (Wildman–Crippen MR) is 116 cm³/mol. The van der Waals surface area contributed by atoms with Gasteiger partial charge in [-0.1, -0.05) is 6.92 Å². The fourth-order valence-electron chi connectivity index (χ4n) is 3.44. The molecule has 1 unspecified atom stereocenters. The largest absolute Gasteiger partial charge is 0.492 e. The van der Waals surface area contributed by atoms with Crippen molar-refractivity contribution in [1.82, 2.24) is 5.32 Å². The van der Waals surface area contributed by atoms with Crippen molar-refractivity contribution in [2.45, 2.75) is 46.6 Å². The SMILES string of the molecule is CCOC(=O)CC1OB(O)c2cc(OC3=NCC(CC)=C(NC(C)=O)S3)cc(C)c21. The molecule has 30 heavy (non-hydrogen) atoms. The number of ether oxygens (including phenoxy) is 2. The van der Waals surface area contributed by atoms with Crippen LogP contribution in [0.4, 0.5) is 0 Å². The molecular formula is C20H25BN2O6S. The van der Waals surface area contributed by atoms with Crippen LogP contribution in [-0.2, 0) is 19.0 Å². The summed E-state index contributed by atoms with van der Waals surface area (Å²) in [6.07, 6.45) is 0.250. The van der Waals surface area contributed by atoms with Gasteiger partial charge in [0.2, 0.25) is 5.91 Å². The Bertz CT molecular complexity index is 917. The molecule has 1 amide bonds. The molecule has 2 aliphatic rings. The third kappa shape index (κ3) is 5.06. The Kier molecular flexibility index (Phi) is 7.22. The van der Waals surface area contributed by atoms with E-state index in [9.17, 15) is 14.6 Å². The van der Waals surface area contributed by atoms with Crippen molar-refractivity contribution < 1.29 is 28.7 Å². The van der Waals surface area contributed by atoms with Crippen LogP contribution < -0.4 is 15.5 Å². The Morgan fingerprint density at radius 1 is 1.40 bits per heavy atom. The lowest BCUT2D eigenvalue weighted by molar-refractivity contribution is -0.145. The highest BCUT2D eigenvalue weighted by Gasteiger charge is 2.38. The summed E-state index contributed by atoms with van der Waals surface area (Å²) in [6, 6.07) is 3.51. The van der Waals surface area contributed by atoms with E-state index in [0.717, 1.165) is 28.1 Å². The predicted octanol–water partition coefficient (Wildman–Crippen LogP) is 1.95. The molecule has 0 radical (unpaired) electrons. The lowest BCUT2D eigenvalue weighted by atomic mass is 9.77. The van der Waals surface area contributed by atoms with Crippen LogP contribution in [-0.4, -0.2) is 42.4 Å². The number of fused-ring (bicyclic) bond motifs is 1. The van der Waals surface area contributed by atoms with Crippen molar-refractivity contribution in [2.24, 2.45) is 4.99 Å². The molecule has 3 rings (SSSR count). The van der Waals surface area contributed by atoms with Crippen LogP contribution in [0, 0.1) is 6.92 Å². The maximum Gasteiger partial charge on any atom is 0.492 e. The van der Waals surface area contributed by atoms with Crippen molar-refractivity contribution in [3.63, 3.8) is 0 Å². The molecule has 0 fully saturated rings. The number of carbonyl (C=O) groups excluding carboxylic acids is 2. The first-order valence-corrected chi connectivity index (χ1v) is 10.7. The van der Waals surface area contributed by atoms with E-state index < -0.39 is 13.2 Å². The summed E-state index contributed by atoms with van der Waals surface area (Å²) in [5.74, 6) is -0.0238. The molecule has 0 saturated heterocycles. The number of nitrogens with one attached hydrogen (secondary N) is 1. The molecule has 160 valence electrons. The molecule has 0 aliphatic carbocycles. The summed E-state index contributed by atoms with van der Waals surface area (Å²) in [5.41, 5.74) is 3.21. The minimum Gasteiger partial charge on any atom is -0.466 e. The number of rotatable bonds is 6. The van der Waals surface area contributed by atoms with E-state index >= 15 is 0 Å². The van der Waals surface area contributed by atoms with Crippen molar-refractivity contribution in [3.8, 4) is 5.75 Å². The minimum absolute atomic E-state index is 0.0339. The second-order valence-electron chi connectivity index (χ2n) is 6.98. The molecule has 10 heteroatoms. The first-order valence-electron chi connectivity index (χ1n) is 9.85. The lowest BCUT2D eigenvalue weighted by Gasteiger charge is -2.20. The highest BCUT2D eigenvalue weighted by Crippen LogP contribution is 2.33. The molecule has 0 aromatic heterocycles.